The lowest BCUT2D eigenvalue weighted by Gasteiger charge is -2.36. The smallest absolute Gasteiger partial charge is 0.270 e. The fourth-order valence-electron chi connectivity index (χ4n) is 3.03. The van der Waals surface area contributed by atoms with Gasteiger partial charge >= 0.3 is 0 Å². The van der Waals surface area contributed by atoms with Gasteiger partial charge in [0, 0.05) is 30.6 Å². The SMILES string of the molecule is Cc1c(F)cccc1OC1CC(NC(=O)c2cnc3ccccn23)C1. The van der Waals surface area contributed by atoms with E-state index >= 15 is 0 Å². The molecule has 1 saturated carbocycles. The summed E-state index contributed by atoms with van der Waals surface area (Å²) in [4.78, 5) is 16.6. The number of hydrogen-bond acceptors (Lipinski definition) is 3. The maximum atomic E-state index is 13.5. The molecule has 0 bridgehead atoms. The Balaban J connectivity index is 1.35. The van der Waals surface area contributed by atoms with Gasteiger partial charge in [0.05, 0.1) is 6.20 Å². The third kappa shape index (κ3) is 2.95. The summed E-state index contributed by atoms with van der Waals surface area (Å²) in [6, 6.07) is 10.5. The van der Waals surface area contributed by atoms with E-state index in [1.165, 1.54) is 6.07 Å². The van der Waals surface area contributed by atoms with Gasteiger partial charge in [0.25, 0.3) is 5.91 Å². The molecule has 1 N–H and O–H groups in total. The molecule has 0 unspecified atom stereocenters. The van der Waals surface area contributed by atoms with Crippen LogP contribution in [0, 0.1) is 12.7 Å². The molecule has 0 aliphatic heterocycles. The molecular weight excluding hydrogens is 321 g/mol. The van der Waals surface area contributed by atoms with Crippen LogP contribution in [0.3, 0.4) is 0 Å². The van der Waals surface area contributed by atoms with Gasteiger partial charge < -0.3 is 10.1 Å². The maximum absolute atomic E-state index is 13.5. The number of fused-ring (bicyclic) bond motifs is 1. The van der Waals surface area contributed by atoms with Crippen molar-refractivity contribution in [1.82, 2.24) is 14.7 Å². The number of pyridine rings is 1. The minimum atomic E-state index is -0.269. The normalized spacial score (nSPS) is 19.4. The van der Waals surface area contributed by atoms with Gasteiger partial charge in [-0.05, 0) is 31.2 Å². The Morgan fingerprint density at radius 1 is 1.28 bits per heavy atom. The van der Waals surface area contributed by atoms with Gasteiger partial charge in [-0.3, -0.25) is 9.20 Å². The molecule has 1 aliphatic rings. The quantitative estimate of drug-likeness (QED) is 0.794. The van der Waals surface area contributed by atoms with Crippen LogP contribution in [0.4, 0.5) is 4.39 Å². The maximum Gasteiger partial charge on any atom is 0.270 e. The lowest BCUT2D eigenvalue weighted by atomic mass is 9.89. The van der Waals surface area contributed by atoms with E-state index in [0.29, 0.717) is 29.8 Å². The van der Waals surface area contributed by atoms with E-state index in [1.54, 1.807) is 29.7 Å². The number of nitrogens with one attached hydrogen (secondary N) is 1. The number of aromatic nitrogens is 2. The zero-order valence-electron chi connectivity index (χ0n) is 13.8. The van der Waals surface area contributed by atoms with Crippen molar-refractivity contribution in [3.05, 3.63) is 65.9 Å². The zero-order valence-corrected chi connectivity index (χ0v) is 13.8. The Bertz CT molecular complexity index is 931. The molecule has 4 rings (SSSR count). The van der Waals surface area contributed by atoms with Crippen LogP contribution in [-0.4, -0.2) is 27.4 Å². The monoisotopic (exact) mass is 339 g/mol. The number of nitrogens with zero attached hydrogens (tertiary/aromatic N) is 2. The average Bonchev–Trinajstić information content (AvgIpc) is 3.01. The summed E-state index contributed by atoms with van der Waals surface area (Å²) in [5, 5.41) is 3.00. The predicted octanol–water partition coefficient (Wildman–Crippen LogP) is 3.12. The van der Waals surface area contributed by atoms with Crippen molar-refractivity contribution in [3.63, 3.8) is 0 Å². The van der Waals surface area contributed by atoms with E-state index in [2.05, 4.69) is 10.3 Å². The summed E-state index contributed by atoms with van der Waals surface area (Å²) in [6.45, 7) is 1.70. The predicted molar refractivity (Wildman–Crippen MR) is 91.2 cm³/mol. The lowest BCUT2D eigenvalue weighted by Crippen LogP contribution is -2.49. The second-order valence-electron chi connectivity index (χ2n) is 6.32. The molecule has 3 aromatic rings. The summed E-state index contributed by atoms with van der Waals surface area (Å²) < 4.78 is 21.1. The van der Waals surface area contributed by atoms with Crippen LogP contribution in [0.15, 0.2) is 48.8 Å². The highest BCUT2D eigenvalue weighted by molar-refractivity contribution is 5.93. The summed E-state index contributed by atoms with van der Waals surface area (Å²) >= 11 is 0. The Labute approximate surface area is 144 Å². The first-order chi connectivity index (χ1) is 12.1. The van der Waals surface area contributed by atoms with Crippen LogP contribution >= 0.6 is 0 Å². The Morgan fingerprint density at radius 2 is 2.12 bits per heavy atom. The van der Waals surface area contributed by atoms with Crippen molar-refractivity contribution in [2.24, 2.45) is 0 Å². The molecule has 25 heavy (non-hydrogen) atoms. The molecule has 0 spiro atoms. The molecular formula is C19H18FN3O2. The van der Waals surface area contributed by atoms with Gasteiger partial charge in [-0.15, -0.1) is 0 Å². The third-order valence-electron chi connectivity index (χ3n) is 4.59. The molecule has 0 radical (unpaired) electrons. The van der Waals surface area contributed by atoms with Gasteiger partial charge in [-0.2, -0.15) is 0 Å². The number of rotatable bonds is 4. The molecule has 2 aromatic heterocycles. The molecule has 0 atom stereocenters. The summed E-state index contributed by atoms with van der Waals surface area (Å²) in [6.07, 6.45) is 4.80. The molecule has 1 amide bonds. The van der Waals surface area contributed by atoms with Crippen molar-refractivity contribution in [2.45, 2.75) is 31.9 Å². The van der Waals surface area contributed by atoms with E-state index in [1.807, 2.05) is 24.4 Å². The van der Waals surface area contributed by atoms with E-state index in [-0.39, 0.29) is 23.9 Å². The highest BCUT2D eigenvalue weighted by atomic mass is 19.1. The molecule has 1 fully saturated rings. The summed E-state index contributed by atoms with van der Waals surface area (Å²) in [5.41, 5.74) is 1.77. The third-order valence-corrected chi connectivity index (χ3v) is 4.59. The van der Waals surface area contributed by atoms with Crippen molar-refractivity contribution in [2.75, 3.05) is 0 Å². The standard InChI is InChI=1S/C19H18FN3O2/c1-12-15(20)5-4-6-17(12)25-14-9-13(10-14)22-19(24)16-11-21-18-7-2-3-8-23(16)18/h2-8,11,13-14H,9-10H2,1H3,(H,22,24). The van der Waals surface area contributed by atoms with E-state index < -0.39 is 0 Å². The average molecular weight is 339 g/mol. The largest absolute Gasteiger partial charge is 0.490 e. The number of benzene rings is 1. The van der Waals surface area contributed by atoms with E-state index in [4.69, 9.17) is 4.74 Å². The first-order valence-electron chi connectivity index (χ1n) is 8.26. The highest BCUT2D eigenvalue weighted by Gasteiger charge is 2.33. The Hall–Kier alpha value is -2.89. The minimum absolute atomic E-state index is 0.00650. The Kier molecular flexibility index (Phi) is 3.87. The summed E-state index contributed by atoms with van der Waals surface area (Å²) in [5.74, 6) is 0.148. The number of carbonyl (C=O) groups is 1. The van der Waals surface area contributed by atoms with Gasteiger partial charge in [0.2, 0.25) is 0 Å². The molecule has 1 aliphatic carbocycles. The molecule has 5 nitrogen and oxygen atoms in total. The number of carbonyl (C=O) groups excluding carboxylic acids is 1. The number of imidazole rings is 1. The second-order valence-corrected chi connectivity index (χ2v) is 6.32. The van der Waals surface area contributed by atoms with Gasteiger partial charge in [0.1, 0.15) is 29.0 Å². The van der Waals surface area contributed by atoms with E-state index in [9.17, 15) is 9.18 Å². The first-order valence-corrected chi connectivity index (χ1v) is 8.26. The van der Waals surface area contributed by atoms with Crippen molar-refractivity contribution in [3.8, 4) is 5.75 Å². The second kappa shape index (κ2) is 6.20. The lowest BCUT2D eigenvalue weighted by molar-refractivity contribution is 0.0692. The molecule has 2 heterocycles. The Morgan fingerprint density at radius 3 is 2.96 bits per heavy atom. The van der Waals surface area contributed by atoms with Crippen LogP contribution in [0.2, 0.25) is 0 Å². The van der Waals surface area contributed by atoms with Crippen LogP contribution in [0.1, 0.15) is 28.9 Å². The molecule has 6 heteroatoms. The number of halogens is 1. The number of ether oxygens (including phenoxy) is 1. The van der Waals surface area contributed by atoms with Crippen LogP contribution in [0.5, 0.6) is 5.75 Å². The van der Waals surface area contributed by atoms with Crippen LogP contribution in [-0.2, 0) is 0 Å². The summed E-state index contributed by atoms with van der Waals surface area (Å²) in [7, 11) is 0. The van der Waals surface area contributed by atoms with E-state index in [0.717, 1.165) is 5.65 Å². The minimum Gasteiger partial charge on any atom is -0.490 e. The van der Waals surface area contributed by atoms with Crippen molar-refractivity contribution < 1.29 is 13.9 Å². The first kappa shape index (κ1) is 15.6. The van der Waals surface area contributed by atoms with Gasteiger partial charge in [-0.25, -0.2) is 9.37 Å². The number of hydrogen-bond donors (Lipinski definition) is 1. The number of amides is 1. The van der Waals surface area contributed by atoms with Crippen molar-refractivity contribution in [1.29, 1.82) is 0 Å². The molecule has 0 saturated heterocycles. The van der Waals surface area contributed by atoms with Gasteiger partial charge in [0.15, 0.2) is 0 Å². The topological polar surface area (TPSA) is 55.6 Å². The van der Waals surface area contributed by atoms with Gasteiger partial charge in [-0.1, -0.05) is 12.1 Å². The fraction of sp³-hybridized carbons (Fsp3) is 0.263. The zero-order chi connectivity index (χ0) is 17.4. The van der Waals surface area contributed by atoms with Crippen LogP contribution in [0.25, 0.3) is 5.65 Å². The molecule has 1 aromatic carbocycles. The van der Waals surface area contributed by atoms with Crippen molar-refractivity contribution >= 4 is 11.6 Å². The van der Waals surface area contributed by atoms with Crippen LogP contribution < -0.4 is 10.1 Å². The fourth-order valence-corrected chi connectivity index (χ4v) is 3.03. The molecule has 128 valence electrons. The highest BCUT2D eigenvalue weighted by Crippen LogP contribution is 2.29.